The molecule has 0 unspecified atom stereocenters. The summed E-state index contributed by atoms with van der Waals surface area (Å²) in [5, 5.41) is 17.5. The first-order valence-electron chi connectivity index (χ1n) is 3.88. The van der Waals surface area contributed by atoms with Gasteiger partial charge in [-0.25, -0.2) is 9.59 Å². The number of carboxylic acid groups (broad SMARTS) is 2. The first-order chi connectivity index (χ1) is 6.43. The second-order valence-corrected chi connectivity index (χ2v) is 2.86. The molecule has 0 amide bonds. The molecular weight excluding hydrogens is 264 g/mol. The third-order valence-electron chi connectivity index (χ3n) is 1.86. The Balaban J connectivity index is 0. The van der Waals surface area contributed by atoms with Gasteiger partial charge < -0.3 is 10.2 Å². The van der Waals surface area contributed by atoms with Gasteiger partial charge in [-0.05, 0) is 19.9 Å². The van der Waals surface area contributed by atoms with E-state index in [4.69, 9.17) is 10.2 Å². The zero-order chi connectivity index (χ0) is 10.9. The van der Waals surface area contributed by atoms with Crippen LogP contribution in [0, 0.1) is 13.8 Å². The van der Waals surface area contributed by atoms with E-state index in [-0.39, 0.29) is 114 Å². The van der Waals surface area contributed by atoms with Gasteiger partial charge in [0.25, 0.3) is 0 Å². The fraction of sp³-hybridized carbons (Fsp3) is 0.222. The molecule has 0 radical (unpaired) electrons. The SMILES string of the molecule is Cc1nc(C)c(C(=O)O)cc1C(=O)O.[KH].[KH]. The monoisotopic (exact) mass is 275 g/mol. The molecule has 0 aliphatic heterocycles. The van der Waals surface area contributed by atoms with Crippen LogP contribution in [0.2, 0.25) is 0 Å². The van der Waals surface area contributed by atoms with E-state index in [1.807, 2.05) is 0 Å². The van der Waals surface area contributed by atoms with E-state index in [1.54, 1.807) is 0 Å². The average Bonchev–Trinajstić information content (AvgIpc) is 2.02. The summed E-state index contributed by atoms with van der Waals surface area (Å²) in [5.74, 6) is -2.34. The Morgan fingerprint density at radius 1 is 1.00 bits per heavy atom. The molecule has 0 aliphatic carbocycles. The van der Waals surface area contributed by atoms with Crippen molar-refractivity contribution in [1.29, 1.82) is 0 Å². The number of hydrogen-bond donors (Lipinski definition) is 2. The summed E-state index contributed by atoms with van der Waals surface area (Å²) < 4.78 is 0. The Morgan fingerprint density at radius 2 is 1.31 bits per heavy atom. The summed E-state index contributed by atoms with van der Waals surface area (Å²) in [5.41, 5.74) is 0.487. The van der Waals surface area contributed by atoms with Gasteiger partial charge in [0.1, 0.15) is 0 Å². The van der Waals surface area contributed by atoms with Crippen LogP contribution in [0.25, 0.3) is 0 Å². The van der Waals surface area contributed by atoms with Crippen molar-refractivity contribution >= 4 is 115 Å². The fourth-order valence-corrected chi connectivity index (χ4v) is 1.16. The van der Waals surface area contributed by atoms with E-state index in [2.05, 4.69) is 4.98 Å². The number of aryl methyl sites for hydroxylation is 2. The summed E-state index contributed by atoms with van der Waals surface area (Å²) in [6.07, 6.45) is 0. The number of hydrogen-bond acceptors (Lipinski definition) is 3. The summed E-state index contributed by atoms with van der Waals surface area (Å²) in [6.45, 7) is 3.06. The molecule has 2 N–H and O–H groups in total. The minimum atomic E-state index is -1.17. The van der Waals surface area contributed by atoms with Crippen molar-refractivity contribution in [3.8, 4) is 0 Å². The maximum absolute atomic E-state index is 10.7. The molecule has 1 heterocycles. The molecule has 7 heteroatoms. The van der Waals surface area contributed by atoms with Crippen molar-refractivity contribution in [2.24, 2.45) is 0 Å². The number of carbonyl (C=O) groups is 2. The molecule has 0 bridgehead atoms. The Kier molecular flexibility index (Phi) is 10.4. The van der Waals surface area contributed by atoms with Crippen molar-refractivity contribution in [2.45, 2.75) is 13.8 Å². The van der Waals surface area contributed by atoms with Crippen LogP contribution in [-0.4, -0.2) is 130 Å². The Hall–Kier alpha value is 1.36. The Bertz CT molecular complexity index is 385. The summed E-state index contributed by atoms with van der Waals surface area (Å²) in [6, 6.07) is 1.13. The fourth-order valence-electron chi connectivity index (χ4n) is 1.16. The average molecular weight is 275 g/mol. The number of pyridine rings is 1. The van der Waals surface area contributed by atoms with Crippen LogP contribution in [0.4, 0.5) is 0 Å². The van der Waals surface area contributed by atoms with E-state index >= 15 is 0 Å². The molecule has 16 heavy (non-hydrogen) atoms. The first-order valence-corrected chi connectivity index (χ1v) is 3.88. The second kappa shape index (κ2) is 8.46. The van der Waals surface area contributed by atoms with Crippen molar-refractivity contribution in [3.05, 3.63) is 28.6 Å². The predicted molar refractivity (Wildman–Crippen MR) is 61.9 cm³/mol. The number of rotatable bonds is 2. The van der Waals surface area contributed by atoms with Gasteiger partial charge in [0.2, 0.25) is 0 Å². The maximum atomic E-state index is 10.7. The van der Waals surface area contributed by atoms with Crippen LogP contribution in [0.15, 0.2) is 6.07 Å². The normalized spacial score (nSPS) is 8.62. The second-order valence-electron chi connectivity index (χ2n) is 2.86. The van der Waals surface area contributed by atoms with Gasteiger partial charge >= 0.3 is 115 Å². The van der Waals surface area contributed by atoms with Crippen molar-refractivity contribution in [1.82, 2.24) is 4.98 Å². The third kappa shape index (κ3) is 4.93. The van der Waals surface area contributed by atoms with Gasteiger partial charge in [0.15, 0.2) is 0 Å². The van der Waals surface area contributed by atoms with Crippen molar-refractivity contribution in [3.63, 3.8) is 0 Å². The van der Waals surface area contributed by atoms with E-state index < -0.39 is 11.9 Å². The number of carboxylic acids is 2. The zero-order valence-electron chi connectivity index (χ0n) is 7.74. The molecule has 0 fully saturated rings. The first kappa shape index (κ1) is 19.7. The van der Waals surface area contributed by atoms with Gasteiger partial charge in [0, 0.05) is 0 Å². The van der Waals surface area contributed by atoms with Gasteiger partial charge in [-0.2, -0.15) is 0 Å². The van der Waals surface area contributed by atoms with E-state index in [9.17, 15) is 9.59 Å². The molecule has 1 aromatic heterocycles. The zero-order valence-corrected chi connectivity index (χ0v) is 7.74. The molecule has 5 nitrogen and oxygen atoms in total. The molecule has 0 aliphatic rings. The van der Waals surface area contributed by atoms with E-state index in [1.165, 1.54) is 13.8 Å². The quantitative estimate of drug-likeness (QED) is 0.730. The van der Waals surface area contributed by atoms with Gasteiger partial charge in [-0.3, -0.25) is 4.98 Å². The molecule has 1 rings (SSSR count). The van der Waals surface area contributed by atoms with Crippen LogP contribution >= 0.6 is 0 Å². The number of nitrogens with zero attached hydrogens (tertiary/aromatic N) is 1. The molecule has 0 atom stereocenters. The number of aromatic carboxylic acids is 2. The van der Waals surface area contributed by atoms with Crippen LogP contribution in [0.3, 0.4) is 0 Å². The van der Waals surface area contributed by atoms with Gasteiger partial charge in [0.05, 0.1) is 22.5 Å². The topological polar surface area (TPSA) is 87.5 Å². The van der Waals surface area contributed by atoms with Crippen molar-refractivity contribution in [2.75, 3.05) is 0 Å². The van der Waals surface area contributed by atoms with Gasteiger partial charge in [-0.15, -0.1) is 0 Å². The molecule has 0 spiro atoms. The van der Waals surface area contributed by atoms with Gasteiger partial charge in [-0.1, -0.05) is 0 Å². The molecule has 0 saturated heterocycles. The standard InChI is InChI=1S/C9H9NO4.2K.2H/c1-4-6(8(11)12)3-7(9(13)14)5(2)10-4;;;;/h3H,1-2H3,(H,11,12)(H,13,14);;;;. The van der Waals surface area contributed by atoms with Crippen LogP contribution < -0.4 is 0 Å². The third-order valence-corrected chi connectivity index (χ3v) is 1.86. The van der Waals surface area contributed by atoms with Crippen molar-refractivity contribution < 1.29 is 19.8 Å². The van der Waals surface area contributed by atoms with Crippen LogP contribution in [-0.2, 0) is 0 Å². The van der Waals surface area contributed by atoms with Crippen LogP contribution in [0.1, 0.15) is 32.1 Å². The van der Waals surface area contributed by atoms with E-state index in [0.717, 1.165) is 6.07 Å². The molecular formula is C9H11K2NO4. The minimum absolute atomic E-state index is 0. The van der Waals surface area contributed by atoms with E-state index in [0.29, 0.717) is 11.4 Å². The Labute approximate surface area is 178 Å². The Morgan fingerprint density at radius 3 is 1.56 bits per heavy atom. The summed E-state index contributed by atoms with van der Waals surface area (Å²) >= 11 is 0. The summed E-state index contributed by atoms with van der Waals surface area (Å²) in [7, 11) is 0. The predicted octanol–water partition coefficient (Wildman–Crippen LogP) is -0.202. The number of aromatic nitrogens is 1. The van der Waals surface area contributed by atoms with Crippen LogP contribution in [0.5, 0.6) is 0 Å². The molecule has 0 aromatic carbocycles. The summed E-state index contributed by atoms with van der Waals surface area (Å²) in [4.78, 5) is 25.2. The molecule has 1 aromatic rings. The molecule has 0 saturated carbocycles. The molecule has 78 valence electrons.